The molecule has 1 aromatic heterocycles. The zero-order valence-corrected chi connectivity index (χ0v) is 38.4. The van der Waals surface area contributed by atoms with E-state index in [4.69, 9.17) is 32.6 Å². The number of aromatic nitrogens is 1. The molecule has 4 aliphatic rings. The van der Waals surface area contributed by atoms with E-state index >= 15 is 0 Å². The molecule has 6 rings (SSSR count). The van der Waals surface area contributed by atoms with Gasteiger partial charge in [0.25, 0.3) is 11.8 Å². The third-order valence-corrected chi connectivity index (χ3v) is 12.9. The number of benzene rings is 1. The molecule has 3 aliphatic heterocycles. The van der Waals surface area contributed by atoms with Crippen LogP contribution in [0.4, 0.5) is 8.78 Å². The maximum atomic E-state index is 14.5. The van der Waals surface area contributed by atoms with Crippen LogP contribution in [0.1, 0.15) is 128 Å². The van der Waals surface area contributed by atoms with Gasteiger partial charge in [-0.25, -0.2) is 13.3 Å². The Morgan fingerprint density at radius 2 is 1.63 bits per heavy atom. The summed E-state index contributed by atoms with van der Waals surface area (Å²) in [7, 11) is -4.27. The molecule has 2 aromatic rings. The van der Waals surface area contributed by atoms with E-state index < -0.39 is 126 Å². The highest BCUT2D eigenvalue weighted by atomic mass is 31.2. The topological polar surface area (TPSA) is 200 Å². The van der Waals surface area contributed by atoms with Crippen LogP contribution in [0.25, 0.3) is 0 Å². The molecule has 1 N–H and O–H groups in total. The summed E-state index contributed by atoms with van der Waals surface area (Å²) < 4.78 is 77.6. The quantitative estimate of drug-likeness (QED) is 0.128. The molecular formula is C43H57F2N4O13P. The summed E-state index contributed by atoms with van der Waals surface area (Å²) in [5.41, 5.74) is -4.94. The van der Waals surface area contributed by atoms with Crippen LogP contribution in [0.15, 0.2) is 34.3 Å². The van der Waals surface area contributed by atoms with Gasteiger partial charge in [0.15, 0.2) is 11.3 Å². The Labute approximate surface area is 364 Å². The SMILES string of the molecule is CC1=NO[C@@]2(CC[C@H](C)N3C[C@H]2n2cc(C(=O)NCc4ccc(F)cc4F)c(=O)c(OCOC(=O)C4[C@@H](COP(=O)(OC(C)(C)C)OC(C)(C)C)[C@@H]4C(=O)OC(C)(C)C)c2C3=O)C1. The second-order valence-electron chi connectivity index (χ2n) is 19.5. The second kappa shape index (κ2) is 17.3. The van der Waals surface area contributed by atoms with Crippen molar-refractivity contribution in [2.75, 3.05) is 19.9 Å². The Bertz CT molecular complexity index is 2280. The van der Waals surface area contributed by atoms with Gasteiger partial charge in [0, 0.05) is 49.3 Å². The summed E-state index contributed by atoms with van der Waals surface area (Å²) in [5, 5.41) is 6.71. The van der Waals surface area contributed by atoms with Crippen LogP contribution in [0.2, 0.25) is 0 Å². The highest BCUT2D eigenvalue weighted by Crippen LogP contribution is 2.58. The average molecular weight is 907 g/mol. The van der Waals surface area contributed by atoms with Gasteiger partial charge in [0.05, 0.1) is 41.4 Å². The molecule has 1 saturated heterocycles. The fourth-order valence-corrected chi connectivity index (χ4v) is 9.94. The number of fused-ring (bicyclic) bond motifs is 5. The zero-order chi connectivity index (χ0) is 46.6. The maximum absolute atomic E-state index is 14.5. The van der Waals surface area contributed by atoms with E-state index in [0.717, 1.165) is 12.1 Å². The Kier molecular flexibility index (Phi) is 13.2. The lowest BCUT2D eigenvalue weighted by Gasteiger charge is -2.42. The van der Waals surface area contributed by atoms with Crippen molar-refractivity contribution in [2.45, 2.75) is 136 Å². The highest BCUT2D eigenvalue weighted by molar-refractivity contribution is 7.48. The molecule has 6 atom stereocenters. The molecule has 1 saturated carbocycles. The van der Waals surface area contributed by atoms with Gasteiger partial charge in [-0.1, -0.05) is 11.2 Å². The van der Waals surface area contributed by atoms with E-state index in [1.807, 2.05) is 6.92 Å². The first kappa shape index (κ1) is 47.8. The minimum absolute atomic E-state index is 0.0551. The van der Waals surface area contributed by atoms with Crippen molar-refractivity contribution in [3.05, 3.63) is 63.1 Å². The van der Waals surface area contributed by atoms with Crippen LogP contribution in [0.3, 0.4) is 0 Å². The molecule has 346 valence electrons. The standard InChI is InChI=1S/C43H57F2N4O13P/c1-23-17-43(60-47-23)15-14-24(2)48-20-30(43)49-19-27(36(51)46-18-25-12-13-26(44)16-29(25)45)34(50)35(33(49)37(48)52)56-22-57-38(53)31-28(32(31)39(54)59-40(3,4)5)21-58-63(55,61-41(6,7)8)62-42(9,10)11/h12-13,16,19,24,28,30-32H,14-15,17-18,20-22H2,1-11H3,(H,46,51)/t24-,28+,30+,31?,32-,43-/m0/s1. The average Bonchev–Trinajstić information content (AvgIpc) is 3.78. The van der Waals surface area contributed by atoms with Crippen LogP contribution in [-0.2, 0) is 48.6 Å². The number of oxime groups is 1. The Morgan fingerprint density at radius 3 is 2.22 bits per heavy atom. The number of pyridine rings is 1. The maximum Gasteiger partial charge on any atom is 0.475 e. The molecule has 1 aromatic carbocycles. The summed E-state index contributed by atoms with van der Waals surface area (Å²) in [6.45, 7) is 16.9. The number of halogens is 2. The number of nitrogens with one attached hydrogen (secondary N) is 1. The molecule has 63 heavy (non-hydrogen) atoms. The van der Waals surface area contributed by atoms with Gasteiger partial charge < -0.3 is 33.8 Å². The number of phosphoric acid groups is 1. The molecule has 4 heterocycles. The first-order valence-electron chi connectivity index (χ1n) is 20.8. The van der Waals surface area contributed by atoms with E-state index in [-0.39, 0.29) is 23.8 Å². The number of hydrogen-bond acceptors (Lipinski definition) is 14. The second-order valence-corrected chi connectivity index (χ2v) is 21.0. The van der Waals surface area contributed by atoms with Crippen molar-refractivity contribution in [1.29, 1.82) is 0 Å². The molecule has 2 bridgehead atoms. The van der Waals surface area contributed by atoms with Crippen molar-refractivity contribution in [2.24, 2.45) is 22.9 Å². The lowest BCUT2D eigenvalue weighted by Crippen LogP contribution is -2.52. The normalized spacial score (nSPS) is 24.5. The predicted octanol–water partition coefficient (Wildman–Crippen LogP) is 6.61. The molecule has 1 unspecified atom stereocenters. The van der Waals surface area contributed by atoms with Crippen molar-refractivity contribution in [3.8, 4) is 5.75 Å². The lowest BCUT2D eigenvalue weighted by molar-refractivity contribution is -0.161. The number of ether oxygens (including phenoxy) is 3. The van der Waals surface area contributed by atoms with Gasteiger partial charge in [-0.2, -0.15) is 0 Å². The van der Waals surface area contributed by atoms with Gasteiger partial charge in [0.2, 0.25) is 18.0 Å². The summed E-state index contributed by atoms with van der Waals surface area (Å²) in [6.07, 6.45) is 2.62. The van der Waals surface area contributed by atoms with Gasteiger partial charge in [-0.15, -0.1) is 0 Å². The first-order chi connectivity index (χ1) is 29.1. The minimum Gasteiger partial charge on any atom is -0.460 e. The molecule has 1 aliphatic carbocycles. The third-order valence-electron chi connectivity index (χ3n) is 10.8. The number of esters is 2. The fourth-order valence-electron chi connectivity index (χ4n) is 8.10. The predicted molar refractivity (Wildman–Crippen MR) is 222 cm³/mol. The number of rotatable bonds is 13. The van der Waals surface area contributed by atoms with Gasteiger partial charge in [-0.3, -0.25) is 37.5 Å². The number of hydrogen-bond donors (Lipinski definition) is 1. The number of nitrogens with zero attached hydrogens (tertiary/aromatic N) is 3. The zero-order valence-electron chi connectivity index (χ0n) is 37.5. The van der Waals surface area contributed by atoms with E-state index in [0.29, 0.717) is 31.0 Å². The molecule has 2 amide bonds. The van der Waals surface area contributed by atoms with E-state index in [1.165, 1.54) is 10.8 Å². The Hall–Kier alpha value is -4.71. The van der Waals surface area contributed by atoms with Crippen LogP contribution in [0.5, 0.6) is 5.75 Å². The molecule has 17 nitrogen and oxygen atoms in total. The van der Waals surface area contributed by atoms with Gasteiger partial charge >= 0.3 is 19.8 Å². The Balaban J connectivity index is 1.30. The van der Waals surface area contributed by atoms with Crippen molar-refractivity contribution >= 4 is 37.3 Å². The van der Waals surface area contributed by atoms with Crippen molar-refractivity contribution in [3.63, 3.8) is 0 Å². The lowest BCUT2D eigenvalue weighted by atomic mass is 9.84. The third kappa shape index (κ3) is 10.8. The molecule has 1 spiro atoms. The van der Waals surface area contributed by atoms with Crippen molar-refractivity contribution < 1.29 is 65.1 Å². The van der Waals surface area contributed by atoms with Gasteiger partial charge in [-0.05, 0) is 95.1 Å². The Morgan fingerprint density at radius 1 is 0.984 bits per heavy atom. The summed E-state index contributed by atoms with van der Waals surface area (Å²) >= 11 is 0. The van der Waals surface area contributed by atoms with Crippen molar-refractivity contribution in [1.82, 2.24) is 14.8 Å². The summed E-state index contributed by atoms with van der Waals surface area (Å²) in [6, 6.07) is 1.86. The molecular weight excluding hydrogens is 849 g/mol. The number of carbonyl (C=O) groups excluding carboxylic acids is 4. The fraction of sp³-hybridized carbons (Fsp3) is 0.628. The monoisotopic (exact) mass is 906 g/mol. The number of phosphoric ester groups is 1. The molecule has 2 fully saturated rings. The van der Waals surface area contributed by atoms with Crippen LogP contribution >= 0.6 is 7.82 Å². The molecule has 0 radical (unpaired) electrons. The number of amides is 2. The largest absolute Gasteiger partial charge is 0.475 e. The minimum atomic E-state index is -4.27. The van der Waals surface area contributed by atoms with Crippen LogP contribution in [0, 0.1) is 29.4 Å². The van der Waals surface area contributed by atoms with E-state index in [9.17, 15) is 37.3 Å². The first-order valence-corrected chi connectivity index (χ1v) is 22.3. The van der Waals surface area contributed by atoms with Crippen LogP contribution in [-0.4, -0.2) is 87.3 Å². The van der Waals surface area contributed by atoms with E-state index in [2.05, 4.69) is 10.5 Å². The highest BCUT2D eigenvalue weighted by Gasteiger charge is 2.62. The van der Waals surface area contributed by atoms with Gasteiger partial charge in [0.1, 0.15) is 22.8 Å². The number of carbonyl (C=O) groups is 4. The smallest absolute Gasteiger partial charge is 0.460 e. The summed E-state index contributed by atoms with van der Waals surface area (Å²) in [4.78, 5) is 77.3. The van der Waals surface area contributed by atoms with Crippen LogP contribution < -0.4 is 15.5 Å². The molecule has 20 heteroatoms. The van der Waals surface area contributed by atoms with E-state index in [1.54, 1.807) is 74.1 Å². The summed E-state index contributed by atoms with van der Waals surface area (Å²) in [5.74, 6) is -8.78.